The predicted molar refractivity (Wildman–Crippen MR) is 102 cm³/mol. The molecule has 0 saturated carbocycles. The molecule has 6 heteroatoms. The number of piperazine rings is 1. The van der Waals surface area contributed by atoms with Gasteiger partial charge in [-0.2, -0.15) is 0 Å². The lowest BCUT2D eigenvalue weighted by Gasteiger charge is -2.34. The fourth-order valence-corrected chi connectivity index (χ4v) is 3.10. The maximum absolute atomic E-state index is 12.5. The van der Waals surface area contributed by atoms with Gasteiger partial charge in [-0.15, -0.1) is 0 Å². The Hall–Kier alpha value is -2.89. The second-order valence-corrected chi connectivity index (χ2v) is 6.36. The van der Waals surface area contributed by atoms with E-state index in [9.17, 15) is 9.59 Å². The summed E-state index contributed by atoms with van der Waals surface area (Å²) in [5, 5.41) is 2.96. The molecule has 1 aliphatic rings. The minimum absolute atomic E-state index is 0.108. The Morgan fingerprint density at radius 2 is 1.81 bits per heavy atom. The number of carbonyl (C=O) groups excluding carboxylic acids is 2. The van der Waals surface area contributed by atoms with Gasteiger partial charge in [0.1, 0.15) is 5.82 Å². The Balaban J connectivity index is 1.64. The normalized spacial score (nSPS) is 14.2. The van der Waals surface area contributed by atoms with Gasteiger partial charge >= 0.3 is 0 Å². The summed E-state index contributed by atoms with van der Waals surface area (Å²) in [7, 11) is 0. The molecular weight excluding hydrogens is 328 g/mol. The third kappa shape index (κ3) is 4.02. The molecule has 6 nitrogen and oxygen atoms in total. The minimum Gasteiger partial charge on any atom is -0.353 e. The maximum atomic E-state index is 12.5. The Morgan fingerprint density at radius 3 is 2.42 bits per heavy atom. The highest BCUT2D eigenvalue weighted by Gasteiger charge is 2.19. The van der Waals surface area contributed by atoms with Crippen molar-refractivity contribution in [3.05, 3.63) is 53.7 Å². The summed E-state index contributed by atoms with van der Waals surface area (Å²) in [6, 6.07) is 11.5. The highest BCUT2D eigenvalue weighted by Crippen LogP contribution is 2.18. The van der Waals surface area contributed by atoms with Gasteiger partial charge in [-0.3, -0.25) is 9.59 Å². The van der Waals surface area contributed by atoms with Crippen LogP contribution in [-0.4, -0.2) is 47.9 Å². The summed E-state index contributed by atoms with van der Waals surface area (Å²) in [5.74, 6) is 0.780. The molecule has 136 valence electrons. The average Bonchev–Trinajstić information content (AvgIpc) is 2.68. The van der Waals surface area contributed by atoms with E-state index in [1.807, 2.05) is 35.2 Å². The lowest BCUT2D eigenvalue weighted by atomic mass is 10.1. The zero-order valence-electron chi connectivity index (χ0n) is 15.2. The number of pyridine rings is 1. The third-order valence-electron chi connectivity index (χ3n) is 4.71. The monoisotopic (exact) mass is 352 g/mol. The number of benzene rings is 1. The summed E-state index contributed by atoms with van der Waals surface area (Å²) in [4.78, 5) is 32.3. The molecule has 0 unspecified atom stereocenters. The first-order valence-electron chi connectivity index (χ1n) is 8.94. The first kappa shape index (κ1) is 17.9. The number of carbonyl (C=O) groups is 2. The summed E-state index contributed by atoms with van der Waals surface area (Å²) in [5.41, 5.74) is 2.47. The molecule has 1 aromatic heterocycles. The number of hydrogen-bond donors (Lipinski definition) is 1. The van der Waals surface area contributed by atoms with Crippen LogP contribution in [-0.2, 0) is 11.2 Å². The van der Waals surface area contributed by atoms with Gasteiger partial charge < -0.3 is 15.1 Å². The second kappa shape index (κ2) is 7.99. The van der Waals surface area contributed by atoms with E-state index in [0.29, 0.717) is 18.7 Å². The summed E-state index contributed by atoms with van der Waals surface area (Å²) >= 11 is 0. The molecule has 1 N–H and O–H groups in total. The summed E-state index contributed by atoms with van der Waals surface area (Å²) in [6.45, 7) is 6.56. The molecule has 2 aromatic rings. The van der Waals surface area contributed by atoms with E-state index in [4.69, 9.17) is 0 Å². The molecule has 0 spiro atoms. The smallest absolute Gasteiger partial charge is 0.257 e. The standard InChI is InChI=1S/C20H24N4O2/c1-3-16-6-4-5-7-18(16)22-20(26)17-8-9-19(21-14-17)24-12-10-23(11-13-24)15(2)25/h4-9,14H,3,10-13H2,1-2H3,(H,22,26). The molecule has 1 fully saturated rings. The van der Waals surface area contributed by atoms with Crippen LogP contribution in [0.5, 0.6) is 0 Å². The number of rotatable bonds is 4. The molecular formula is C20H24N4O2. The molecule has 26 heavy (non-hydrogen) atoms. The molecule has 0 aliphatic carbocycles. The molecule has 2 heterocycles. The fraction of sp³-hybridized carbons (Fsp3) is 0.350. The van der Waals surface area contributed by atoms with Crippen LogP contribution >= 0.6 is 0 Å². The van der Waals surface area contributed by atoms with E-state index >= 15 is 0 Å². The Morgan fingerprint density at radius 1 is 1.08 bits per heavy atom. The van der Waals surface area contributed by atoms with Gasteiger partial charge in [-0.25, -0.2) is 4.98 Å². The first-order valence-corrected chi connectivity index (χ1v) is 8.94. The lowest BCUT2D eigenvalue weighted by molar-refractivity contribution is -0.129. The zero-order valence-corrected chi connectivity index (χ0v) is 15.2. The average molecular weight is 352 g/mol. The number of aryl methyl sites for hydroxylation is 1. The van der Waals surface area contributed by atoms with Crippen LogP contribution in [0.15, 0.2) is 42.6 Å². The van der Waals surface area contributed by atoms with E-state index in [1.165, 1.54) is 0 Å². The van der Waals surface area contributed by atoms with Crippen LogP contribution in [0, 0.1) is 0 Å². The van der Waals surface area contributed by atoms with E-state index in [0.717, 1.165) is 36.6 Å². The van der Waals surface area contributed by atoms with Crippen molar-refractivity contribution >= 4 is 23.3 Å². The van der Waals surface area contributed by atoms with Crippen molar-refractivity contribution in [2.75, 3.05) is 36.4 Å². The van der Waals surface area contributed by atoms with Gasteiger partial charge in [0.05, 0.1) is 5.56 Å². The van der Waals surface area contributed by atoms with Crippen LogP contribution in [0.1, 0.15) is 29.8 Å². The molecule has 1 aromatic carbocycles. The fourth-order valence-electron chi connectivity index (χ4n) is 3.10. The van der Waals surface area contributed by atoms with Crippen LogP contribution in [0.2, 0.25) is 0 Å². The van der Waals surface area contributed by atoms with Crippen molar-refractivity contribution < 1.29 is 9.59 Å². The largest absolute Gasteiger partial charge is 0.353 e. The minimum atomic E-state index is -0.161. The van der Waals surface area contributed by atoms with Crippen LogP contribution in [0.25, 0.3) is 0 Å². The quantitative estimate of drug-likeness (QED) is 0.918. The lowest BCUT2D eigenvalue weighted by Crippen LogP contribution is -2.48. The zero-order chi connectivity index (χ0) is 18.5. The highest BCUT2D eigenvalue weighted by atomic mass is 16.2. The summed E-state index contributed by atoms with van der Waals surface area (Å²) < 4.78 is 0. The van der Waals surface area contributed by atoms with Gasteiger partial charge in [0.25, 0.3) is 5.91 Å². The highest BCUT2D eigenvalue weighted by molar-refractivity contribution is 6.04. The molecule has 0 bridgehead atoms. The second-order valence-electron chi connectivity index (χ2n) is 6.36. The Kier molecular flexibility index (Phi) is 5.51. The Labute approximate surface area is 153 Å². The number of anilines is 2. The van der Waals surface area contributed by atoms with E-state index < -0.39 is 0 Å². The van der Waals surface area contributed by atoms with Crippen molar-refractivity contribution in [2.24, 2.45) is 0 Å². The van der Waals surface area contributed by atoms with Gasteiger partial charge in [0.2, 0.25) is 5.91 Å². The number of nitrogens with zero attached hydrogens (tertiary/aromatic N) is 3. The number of amides is 2. The molecule has 0 atom stereocenters. The Bertz CT molecular complexity index is 781. The topological polar surface area (TPSA) is 65.5 Å². The van der Waals surface area contributed by atoms with Crippen LogP contribution < -0.4 is 10.2 Å². The molecule has 1 aliphatic heterocycles. The number of aromatic nitrogens is 1. The van der Waals surface area contributed by atoms with Crippen LogP contribution in [0.4, 0.5) is 11.5 Å². The van der Waals surface area contributed by atoms with E-state index in [1.54, 1.807) is 19.2 Å². The number of nitrogens with one attached hydrogen (secondary N) is 1. The van der Waals surface area contributed by atoms with E-state index in [-0.39, 0.29) is 11.8 Å². The predicted octanol–water partition coefficient (Wildman–Crippen LogP) is 2.56. The first-order chi connectivity index (χ1) is 12.6. The van der Waals surface area contributed by atoms with Crippen molar-refractivity contribution in [2.45, 2.75) is 20.3 Å². The molecule has 0 radical (unpaired) electrons. The van der Waals surface area contributed by atoms with Crippen molar-refractivity contribution in [1.82, 2.24) is 9.88 Å². The van der Waals surface area contributed by atoms with Crippen LogP contribution in [0.3, 0.4) is 0 Å². The SMILES string of the molecule is CCc1ccccc1NC(=O)c1ccc(N2CCN(C(C)=O)CC2)nc1. The molecule has 2 amide bonds. The maximum Gasteiger partial charge on any atom is 0.257 e. The summed E-state index contributed by atoms with van der Waals surface area (Å²) in [6.07, 6.45) is 2.47. The number of para-hydroxylation sites is 1. The number of hydrogen-bond acceptors (Lipinski definition) is 4. The van der Waals surface area contributed by atoms with Gasteiger partial charge in [0, 0.05) is 45.0 Å². The van der Waals surface area contributed by atoms with Gasteiger partial charge in [0.15, 0.2) is 0 Å². The van der Waals surface area contributed by atoms with Gasteiger partial charge in [-0.05, 0) is 30.2 Å². The van der Waals surface area contributed by atoms with Crippen molar-refractivity contribution in [3.8, 4) is 0 Å². The molecule has 1 saturated heterocycles. The van der Waals surface area contributed by atoms with Crippen molar-refractivity contribution in [1.29, 1.82) is 0 Å². The van der Waals surface area contributed by atoms with Gasteiger partial charge in [-0.1, -0.05) is 25.1 Å². The third-order valence-corrected chi connectivity index (χ3v) is 4.71. The van der Waals surface area contributed by atoms with E-state index in [2.05, 4.69) is 22.1 Å². The molecule has 3 rings (SSSR count). The van der Waals surface area contributed by atoms with Crippen molar-refractivity contribution in [3.63, 3.8) is 0 Å².